The largest absolute Gasteiger partial charge is 0.389 e. The molecule has 1 aromatic rings. The number of aliphatic imine (C=N–C) groups is 1. The smallest absolute Gasteiger partial charge is 0.369 e. The summed E-state index contributed by atoms with van der Waals surface area (Å²) in [5.41, 5.74) is 8.50. The van der Waals surface area contributed by atoms with Gasteiger partial charge in [-0.3, -0.25) is 19.4 Å². The van der Waals surface area contributed by atoms with Gasteiger partial charge in [-0.05, 0) is 55.6 Å². The molecule has 11 heteroatoms. The number of nitrogens with zero attached hydrogens (tertiary/aromatic N) is 1. The first-order valence-electron chi connectivity index (χ1n) is 13.7. The van der Waals surface area contributed by atoms with Crippen LogP contribution in [0.25, 0.3) is 0 Å². The van der Waals surface area contributed by atoms with Gasteiger partial charge in [0.25, 0.3) is 5.91 Å². The summed E-state index contributed by atoms with van der Waals surface area (Å²) in [6, 6.07) is 5.73. The molecule has 4 atom stereocenters. The van der Waals surface area contributed by atoms with E-state index in [9.17, 15) is 27.6 Å². The quantitative estimate of drug-likeness (QED) is 0.351. The van der Waals surface area contributed by atoms with E-state index < -0.39 is 54.7 Å². The number of halogens is 4. The van der Waals surface area contributed by atoms with Gasteiger partial charge in [-0.15, -0.1) is 0 Å². The minimum atomic E-state index is -4.52. The standard InChI is InChI=1S/C29H32ClF3N4O3/c30-18-10-8-17(9-11-18)23-21-3-1-2-19(16-6-7-16)24(21)36-28(40)26(35-23)37-27(39)20(12-13-29(31,32)33)22(25(34)38)14-15-4-5-15/h1-3,8,10-11,15-17,20,22,26H,4-7,9,12-14H2,(H2,34,38)(H,36,40)(H,37,39)/t17?,20?,22-,26+/m0/s1. The first kappa shape index (κ1) is 28.4. The van der Waals surface area contributed by atoms with Crippen LogP contribution in [0.3, 0.4) is 0 Å². The van der Waals surface area contributed by atoms with Gasteiger partial charge in [0.05, 0.1) is 11.4 Å². The summed E-state index contributed by atoms with van der Waals surface area (Å²) in [5, 5.41) is 6.08. The highest BCUT2D eigenvalue weighted by Gasteiger charge is 2.41. The van der Waals surface area contributed by atoms with Crippen LogP contribution >= 0.6 is 11.6 Å². The second kappa shape index (κ2) is 11.4. The summed E-state index contributed by atoms with van der Waals surface area (Å²) >= 11 is 6.13. The van der Waals surface area contributed by atoms with Crippen LogP contribution in [0.5, 0.6) is 0 Å². The number of nitrogens with two attached hydrogens (primary N) is 1. The Bertz CT molecular complexity index is 1280. The van der Waals surface area contributed by atoms with Crippen molar-refractivity contribution in [1.29, 1.82) is 0 Å². The van der Waals surface area contributed by atoms with Gasteiger partial charge >= 0.3 is 6.18 Å². The number of rotatable bonds is 10. The minimum Gasteiger partial charge on any atom is -0.369 e. The average molecular weight is 577 g/mol. The van der Waals surface area contributed by atoms with Crippen LogP contribution < -0.4 is 16.4 Å². The SMILES string of the molecule is NC(=O)[C@@H](CC1CC1)C(CCC(F)(F)F)C(=O)N[C@H]1N=C(C2C=CC(Cl)=CC2)c2cccc(C3CC3)c2NC1=O. The number of anilines is 1. The van der Waals surface area contributed by atoms with E-state index in [1.165, 1.54) is 0 Å². The zero-order valence-corrected chi connectivity index (χ0v) is 22.6. The molecule has 0 spiro atoms. The van der Waals surface area contributed by atoms with Gasteiger partial charge in [0, 0.05) is 34.8 Å². The van der Waals surface area contributed by atoms with E-state index in [2.05, 4.69) is 15.6 Å². The van der Waals surface area contributed by atoms with Gasteiger partial charge < -0.3 is 16.4 Å². The van der Waals surface area contributed by atoms with Crippen molar-refractivity contribution in [2.24, 2.45) is 34.4 Å². The number of carbonyl (C=O) groups is 3. The molecule has 7 nitrogen and oxygen atoms in total. The summed E-state index contributed by atoms with van der Waals surface area (Å²) in [4.78, 5) is 44.0. The fourth-order valence-electron chi connectivity index (χ4n) is 5.57. The predicted octanol–water partition coefficient (Wildman–Crippen LogP) is 5.31. The summed E-state index contributed by atoms with van der Waals surface area (Å²) in [5.74, 6) is -4.44. The average Bonchev–Trinajstić information content (AvgIpc) is 3.80. The lowest BCUT2D eigenvalue weighted by Gasteiger charge is -2.26. The summed E-state index contributed by atoms with van der Waals surface area (Å²) < 4.78 is 39.5. The van der Waals surface area contributed by atoms with Crippen LogP contribution in [0.1, 0.15) is 68.4 Å². The Hall–Kier alpha value is -3.14. The number of fused-ring (bicyclic) bond motifs is 1. The van der Waals surface area contributed by atoms with E-state index >= 15 is 0 Å². The lowest BCUT2D eigenvalue weighted by Crippen LogP contribution is -2.48. The minimum absolute atomic E-state index is 0.151. The predicted molar refractivity (Wildman–Crippen MR) is 146 cm³/mol. The fraction of sp³-hybridized carbons (Fsp3) is 0.517. The number of nitrogens with one attached hydrogen (secondary N) is 2. The molecular formula is C29H32ClF3N4O3. The molecule has 2 unspecified atom stereocenters. The topological polar surface area (TPSA) is 114 Å². The zero-order valence-electron chi connectivity index (χ0n) is 21.8. The number of allylic oxidation sites excluding steroid dienone is 4. The van der Waals surface area contributed by atoms with Crippen molar-refractivity contribution in [3.8, 4) is 0 Å². The second-order valence-electron chi connectivity index (χ2n) is 11.2. The molecule has 1 aliphatic heterocycles. The molecule has 3 amide bonds. The van der Waals surface area contributed by atoms with Gasteiger partial charge in [0.15, 0.2) is 0 Å². The third-order valence-corrected chi connectivity index (χ3v) is 8.33. The molecule has 5 rings (SSSR count). The van der Waals surface area contributed by atoms with Crippen molar-refractivity contribution >= 4 is 40.7 Å². The van der Waals surface area contributed by atoms with E-state index in [0.29, 0.717) is 28.8 Å². The molecule has 214 valence electrons. The lowest BCUT2D eigenvalue weighted by atomic mass is 9.83. The Labute approximate surface area is 235 Å². The van der Waals surface area contributed by atoms with Crippen molar-refractivity contribution in [2.45, 2.75) is 69.6 Å². The van der Waals surface area contributed by atoms with Crippen LogP contribution in [0.15, 0.2) is 46.5 Å². The zero-order chi connectivity index (χ0) is 28.6. The van der Waals surface area contributed by atoms with Crippen molar-refractivity contribution < 1.29 is 27.6 Å². The fourth-order valence-corrected chi connectivity index (χ4v) is 5.74. The van der Waals surface area contributed by atoms with E-state index in [4.69, 9.17) is 17.3 Å². The van der Waals surface area contributed by atoms with Crippen molar-refractivity contribution in [3.63, 3.8) is 0 Å². The molecule has 0 bridgehead atoms. The Kier molecular flexibility index (Phi) is 8.08. The number of benzene rings is 1. The normalized spacial score (nSPS) is 24.1. The molecule has 4 N–H and O–H groups in total. The van der Waals surface area contributed by atoms with Gasteiger partial charge in [0.2, 0.25) is 18.0 Å². The third-order valence-electron chi connectivity index (χ3n) is 8.05. The molecule has 2 fully saturated rings. The molecule has 4 aliphatic rings. The molecule has 1 aromatic carbocycles. The molecule has 40 heavy (non-hydrogen) atoms. The summed E-state index contributed by atoms with van der Waals surface area (Å²) in [6.45, 7) is 0. The number of hydrogen-bond acceptors (Lipinski definition) is 4. The van der Waals surface area contributed by atoms with Gasteiger partial charge in [-0.1, -0.05) is 54.8 Å². The molecule has 0 saturated heterocycles. The number of primary amides is 1. The molecule has 3 aliphatic carbocycles. The first-order valence-corrected chi connectivity index (χ1v) is 14.1. The summed E-state index contributed by atoms with van der Waals surface area (Å²) in [7, 11) is 0. The second-order valence-corrected chi connectivity index (χ2v) is 11.6. The van der Waals surface area contributed by atoms with E-state index in [-0.39, 0.29) is 18.3 Å². The molecule has 2 saturated carbocycles. The van der Waals surface area contributed by atoms with Crippen LogP contribution in [-0.2, 0) is 14.4 Å². The molecule has 1 heterocycles. The number of amides is 3. The highest BCUT2D eigenvalue weighted by atomic mass is 35.5. The lowest BCUT2D eigenvalue weighted by molar-refractivity contribution is -0.146. The maximum absolute atomic E-state index is 13.5. The van der Waals surface area contributed by atoms with Crippen molar-refractivity contribution in [3.05, 3.63) is 52.6 Å². The highest BCUT2D eigenvalue weighted by Crippen LogP contribution is 2.45. The van der Waals surface area contributed by atoms with Crippen molar-refractivity contribution in [2.75, 3.05) is 5.32 Å². The van der Waals surface area contributed by atoms with E-state index in [1.807, 2.05) is 30.4 Å². The van der Waals surface area contributed by atoms with Gasteiger partial charge in [0.1, 0.15) is 0 Å². The monoisotopic (exact) mass is 576 g/mol. The number of benzodiazepines with no additional fused rings is 1. The maximum atomic E-state index is 13.5. The van der Waals surface area contributed by atoms with Crippen LogP contribution in [0, 0.1) is 23.7 Å². The summed E-state index contributed by atoms with van der Waals surface area (Å²) in [6.07, 6.45) is 2.13. The number of para-hydroxylation sites is 1. The molecule has 0 radical (unpaired) electrons. The van der Waals surface area contributed by atoms with Crippen molar-refractivity contribution in [1.82, 2.24) is 5.32 Å². The molecular weight excluding hydrogens is 545 g/mol. The van der Waals surface area contributed by atoms with Gasteiger partial charge in [-0.2, -0.15) is 13.2 Å². The van der Waals surface area contributed by atoms with E-state index in [1.54, 1.807) is 6.08 Å². The Balaban J connectivity index is 1.46. The van der Waals surface area contributed by atoms with Crippen LogP contribution in [-0.4, -0.2) is 35.8 Å². The van der Waals surface area contributed by atoms with Crippen LogP contribution in [0.2, 0.25) is 0 Å². The third kappa shape index (κ3) is 6.77. The number of hydrogen-bond donors (Lipinski definition) is 3. The Morgan fingerprint density at radius 1 is 1.18 bits per heavy atom. The van der Waals surface area contributed by atoms with Crippen LogP contribution in [0.4, 0.5) is 18.9 Å². The van der Waals surface area contributed by atoms with Gasteiger partial charge in [-0.25, -0.2) is 0 Å². The number of carbonyl (C=O) groups excluding carboxylic acids is 3. The van der Waals surface area contributed by atoms with E-state index in [0.717, 1.165) is 36.8 Å². The Morgan fingerprint density at radius 2 is 1.93 bits per heavy atom. The maximum Gasteiger partial charge on any atom is 0.389 e. The Morgan fingerprint density at radius 3 is 2.52 bits per heavy atom. The first-order chi connectivity index (χ1) is 19.0. The molecule has 0 aromatic heterocycles. The number of alkyl halides is 3. The highest BCUT2D eigenvalue weighted by molar-refractivity contribution is 6.31.